The van der Waals surface area contributed by atoms with Crippen molar-refractivity contribution >= 4 is 11.8 Å². The minimum absolute atomic E-state index is 0.132. The minimum Gasteiger partial charge on any atom is -0.494 e. The van der Waals surface area contributed by atoms with Gasteiger partial charge in [-0.15, -0.1) is 0 Å². The third-order valence-electron chi connectivity index (χ3n) is 2.96. The lowest BCUT2D eigenvalue weighted by atomic mass is 9.98. The van der Waals surface area contributed by atoms with E-state index >= 15 is 0 Å². The first-order valence-corrected chi connectivity index (χ1v) is 7.00. The monoisotopic (exact) mass is 278 g/mol. The number of rotatable bonds is 9. The minimum atomic E-state index is -0.633. The second-order valence-electron chi connectivity index (χ2n) is 4.57. The average molecular weight is 278 g/mol. The number of carbonyl (C=O) groups is 2. The maximum absolute atomic E-state index is 11.6. The van der Waals surface area contributed by atoms with Crippen LogP contribution >= 0.6 is 0 Å². The molecule has 1 rings (SSSR count). The quantitative estimate of drug-likeness (QED) is 0.396. The molecule has 0 amide bonds. The van der Waals surface area contributed by atoms with Crippen molar-refractivity contribution in [1.29, 1.82) is 0 Å². The molecule has 4 heteroatoms. The van der Waals surface area contributed by atoms with E-state index in [1.54, 1.807) is 6.92 Å². The second-order valence-corrected chi connectivity index (χ2v) is 4.57. The van der Waals surface area contributed by atoms with Crippen molar-refractivity contribution in [3.63, 3.8) is 0 Å². The average Bonchev–Trinajstić information content (AvgIpc) is 2.43. The van der Waals surface area contributed by atoms with Crippen LogP contribution in [0.4, 0.5) is 0 Å². The molecule has 110 valence electrons. The van der Waals surface area contributed by atoms with Gasteiger partial charge in [0.1, 0.15) is 17.5 Å². The van der Waals surface area contributed by atoms with Gasteiger partial charge in [-0.2, -0.15) is 0 Å². The van der Waals surface area contributed by atoms with Crippen molar-refractivity contribution < 1.29 is 19.1 Å². The van der Waals surface area contributed by atoms with Crippen LogP contribution in [0.1, 0.15) is 33.1 Å². The van der Waals surface area contributed by atoms with Gasteiger partial charge in [0.05, 0.1) is 13.2 Å². The fourth-order valence-corrected chi connectivity index (χ4v) is 1.89. The fourth-order valence-electron chi connectivity index (χ4n) is 1.89. The topological polar surface area (TPSA) is 52.6 Å². The zero-order valence-corrected chi connectivity index (χ0v) is 12.1. The van der Waals surface area contributed by atoms with Gasteiger partial charge in [-0.1, -0.05) is 18.2 Å². The fraction of sp³-hybridized carbons (Fsp3) is 0.500. The molecular weight excluding hydrogens is 256 g/mol. The summed E-state index contributed by atoms with van der Waals surface area (Å²) in [6.07, 6.45) is 2.08. The third-order valence-corrected chi connectivity index (χ3v) is 2.96. The van der Waals surface area contributed by atoms with Gasteiger partial charge in [-0.05, 0) is 45.2 Å². The Hall–Kier alpha value is -1.84. The first kappa shape index (κ1) is 16.2. The van der Waals surface area contributed by atoms with Gasteiger partial charge in [0.15, 0.2) is 0 Å². The summed E-state index contributed by atoms with van der Waals surface area (Å²) in [6, 6.07) is 9.57. The molecule has 4 nitrogen and oxygen atoms in total. The summed E-state index contributed by atoms with van der Waals surface area (Å²) in [7, 11) is 0. The molecular formula is C16H22O4. The Morgan fingerprint density at radius 1 is 1.15 bits per heavy atom. The number of esters is 1. The van der Waals surface area contributed by atoms with E-state index in [-0.39, 0.29) is 5.78 Å². The van der Waals surface area contributed by atoms with Crippen molar-refractivity contribution in [2.24, 2.45) is 5.92 Å². The summed E-state index contributed by atoms with van der Waals surface area (Å²) in [5, 5.41) is 0. The Morgan fingerprint density at radius 3 is 2.45 bits per heavy atom. The van der Waals surface area contributed by atoms with Crippen LogP contribution in [0.25, 0.3) is 0 Å². The van der Waals surface area contributed by atoms with Crippen LogP contribution in [-0.4, -0.2) is 25.0 Å². The van der Waals surface area contributed by atoms with E-state index in [1.807, 2.05) is 30.3 Å². The number of ether oxygens (including phenoxy) is 2. The maximum atomic E-state index is 11.6. The van der Waals surface area contributed by atoms with Crippen molar-refractivity contribution in [3.05, 3.63) is 30.3 Å². The molecule has 0 aliphatic heterocycles. The Morgan fingerprint density at radius 2 is 1.85 bits per heavy atom. The highest BCUT2D eigenvalue weighted by atomic mass is 16.5. The van der Waals surface area contributed by atoms with Gasteiger partial charge in [0.25, 0.3) is 0 Å². The lowest BCUT2D eigenvalue weighted by Gasteiger charge is -2.12. The van der Waals surface area contributed by atoms with Crippen molar-refractivity contribution in [2.75, 3.05) is 13.2 Å². The Bertz CT molecular complexity index is 414. The summed E-state index contributed by atoms with van der Waals surface area (Å²) in [5.74, 6) is -0.343. The number of Topliss-reactive ketones (excluding diaryl/α,β-unsaturated/α-hetero) is 1. The summed E-state index contributed by atoms with van der Waals surface area (Å²) in [5.41, 5.74) is 0. The van der Waals surface area contributed by atoms with Crippen LogP contribution in [-0.2, 0) is 14.3 Å². The second kappa shape index (κ2) is 9.13. The lowest BCUT2D eigenvalue weighted by molar-refractivity contribution is -0.151. The standard InChI is InChI=1S/C16H22O4/c1-3-19-16(18)15(13(2)17)11-7-8-12-20-14-9-5-4-6-10-14/h4-6,9-10,15H,3,7-8,11-12H2,1-2H3. The smallest absolute Gasteiger partial charge is 0.316 e. The molecule has 0 N–H and O–H groups in total. The molecule has 20 heavy (non-hydrogen) atoms. The van der Waals surface area contributed by atoms with Gasteiger partial charge in [0.2, 0.25) is 0 Å². The van der Waals surface area contributed by atoms with E-state index in [4.69, 9.17) is 9.47 Å². The molecule has 1 unspecified atom stereocenters. The number of ketones is 1. The number of hydrogen-bond acceptors (Lipinski definition) is 4. The normalized spacial score (nSPS) is 11.7. The van der Waals surface area contributed by atoms with E-state index in [0.29, 0.717) is 19.6 Å². The molecule has 0 aliphatic carbocycles. The molecule has 0 saturated carbocycles. The molecule has 0 aromatic heterocycles. The van der Waals surface area contributed by atoms with Gasteiger partial charge in [-0.25, -0.2) is 0 Å². The summed E-state index contributed by atoms with van der Waals surface area (Å²) >= 11 is 0. The maximum Gasteiger partial charge on any atom is 0.316 e. The number of hydrogen-bond donors (Lipinski definition) is 0. The molecule has 0 saturated heterocycles. The number of para-hydroxylation sites is 1. The zero-order chi connectivity index (χ0) is 14.8. The Balaban J connectivity index is 2.24. The van der Waals surface area contributed by atoms with Gasteiger partial charge in [-0.3, -0.25) is 9.59 Å². The van der Waals surface area contributed by atoms with Crippen LogP contribution in [0.15, 0.2) is 30.3 Å². The predicted octanol–water partition coefficient (Wildman–Crippen LogP) is 3.00. The SMILES string of the molecule is CCOC(=O)C(CCCCOc1ccccc1)C(C)=O. The number of unbranched alkanes of at least 4 members (excludes halogenated alkanes) is 1. The van der Waals surface area contributed by atoms with E-state index in [0.717, 1.165) is 18.6 Å². The van der Waals surface area contributed by atoms with Gasteiger partial charge in [0, 0.05) is 0 Å². The molecule has 1 aromatic carbocycles. The number of carbonyl (C=O) groups excluding carboxylic acids is 2. The molecule has 0 radical (unpaired) electrons. The van der Waals surface area contributed by atoms with Crippen LogP contribution in [0, 0.1) is 5.92 Å². The van der Waals surface area contributed by atoms with Crippen LogP contribution in [0.2, 0.25) is 0 Å². The molecule has 0 spiro atoms. The first-order chi connectivity index (χ1) is 9.65. The van der Waals surface area contributed by atoms with E-state index < -0.39 is 11.9 Å². The first-order valence-electron chi connectivity index (χ1n) is 7.00. The van der Waals surface area contributed by atoms with Crippen molar-refractivity contribution in [2.45, 2.75) is 33.1 Å². The molecule has 0 aliphatic rings. The van der Waals surface area contributed by atoms with E-state index in [9.17, 15) is 9.59 Å². The van der Waals surface area contributed by atoms with Crippen molar-refractivity contribution in [1.82, 2.24) is 0 Å². The summed E-state index contributed by atoms with van der Waals surface area (Å²) in [4.78, 5) is 23.0. The van der Waals surface area contributed by atoms with Crippen LogP contribution < -0.4 is 4.74 Å². The predicted molar refractivity (Wildman–Crippen MR) is 76.6 cm³/mol. The molecule has 1 atom stereocenters. The molecule has 1 aromatic rings. The summed E-state index contributed by atoms with van der Waals surface area (Å²) < 4.78 is 10.5. The van der Waals surface area contributed by atoms with Crippen LogP contribution in [0.3, 0.4) is 0 Å². The van der Waals surface area contributed by atoms with E-state index in [1.165, 1.54) is 6.92 Å². The van der Waals surface area contributed by atoms with Gasteiger partial charge >= 0.3 is 5.97 Å². The number of benzene rings is 1. The molecule has 0 fully saturated rings. The van der Waals surface area contributed by atoms with Crippen LogP contribution in [0.5, 0.6) is 5.75 Å². The Kier molecular flexibility index (Phi) is 7.40. The highest BCUT2D eigenvalue weighted by molar-refractivity contribution is 5.97. The third kappa shape index (κ3) is 5.87. The zero-order valence-electron chi connectivity index (χ0n) is 12.1. The Labute approximate surface area is 120 Å². The van der Waals surface area contributed by atoms with E-state index in [2.05, 4.69) is 0 Å². The highest BCUT2D eigenvalue weighted by Gasteiger charge is 2.23. The highest BCUT2D eigenvalue weighted by Crippen LogP contribution is 2.14. The largest absolute Gasteiger partial charge is 0.494 e. The molecule has 0 heterocycles. The van der Waals surface area contributed by atoms with Crippen molar-refractivity contribution in [3.8, 4) is 5.75 Å². The lowest BCUT2D eigenvalue weighted by Crippen LogP contribution is -2.24. The molecule has 0 bridgehead atoms. The summed E-state index contributed by atoms with van der Waals surface area (Å²) in [6.45, 7) is 4.06. The van der Waals surface area contributed by atoms with Gasteiger partial charge < -0.3 is 9.47 Å².